The van der Waals surface area contributed by atoms with Gasteiger partial charge in [0, 0.05) is 29.1 Å². The zero-order valence-electron chi connectivity index (χ0n) is 16.7. The molecule has 0 saturated carbocycles. The Morgan fingerprint density at radius 3 is 2.59 bits per heavy atom. The minimum absolute atomic E-state index is 0.280. The van der Waals surface area contributed by atoms with Crippen molar-refractivity contribution in [1.29, 1.82) is 10.5 Å². The Hall–Kier alpha value is -3.90. The molecule has 0 saturated heterocycles. The van der Waals surface area contributed by atoms with Crippen LogP contribution in [0.3, 0.4) is 0 Å². The van der Waals surface area contributed by atoms with Gasteiger partial charge in [-0.3, -0.25) is 0 Å². The predicted octanol–water partition coefficient (Wildman–Crippen LogP) is 5.21. The van der Waals surface area contributed by atoms with Gasteiger partial charge in [-0.2, -0.15) is 15.5 Å². The van der Waals surface area contributed by atoms with Gasteiger partial charge in [-0.1, -0.05) is 13.0 Å². The molecule has 0 aliphatic heterocycles. The van der Waals surface area contributed by atoms with Crippen LogP contribution in [0.2, 0.25) is 0 Å². The topological polar surface area (TPSA) is 97.4 Å². The van der Waals surface area contributed by atoms with Crippen molar-refractivity contribution in [3.05, 3.63) is 76.7 Å². The number of nitrogens with one attached hydrogen (secondary N) is 2. The number of hydrogen-bond donors (Lipinski definition) is 2. The van der Waals surface area contributed by atoms with Crippen LogP contribution in [0, 0.1) is 28.6 Å². The van der Waals surface area contributed by atoms with E-state index in [2.05, 4.69) is 52.7 Å². The number of nitriles is 2. The van der Waals surface area contributed by atoms with Gasteiger partial charge in [0.1, 0.15) is 5.82 Å². The highest BCUT2D eigenvalue weighted by molar-refractivity contribution is 5.57. The SMILES string of the molecule is CC1=C(Nc2ccnc(Nc3ccc(C#N)cc3)n2)C(C)CC(/C=C(/C)C#N)=C1. The Morgan fingerprint density at radius 2 is 1.93 bits per heavy atom. The summed E-state index contributed by atoms with van der Waals surface area (Å²) >= 11 is 0. The zero-order chi connectivity index (χ0) is 20.8. The van der Waals surface area contributed by atoms with E-state index in [1.54, 1.807) is 18.3 Å². The molecule has 1 aromatic heterocycles. The molecule has 1 aliphatic rings. The van der Waals surface area contributed by atoms with Crippen LogP contribution in [0.25, 0.3) is 0 Å². The van der Waals surface area contributed by atoms with Crippen LogP contribution >= 0.6 is 0 Å². The van der Waals surface area contributed by atoms with Gasteiger partial charge in [0.2, 0.25) is 5.95 Å². The van der Waals surface area contributed by atoms with E-state index < -0.39 is 0 Å². The summed E-state index contributed by atoms with van der Waals surface area (Å²) < 4.78 is 0. The van der Waals surface area contributed by atoms with Crippen molar-refractivity contribution < 1.29 is 0 Å². The fourth-order valence-electron chi connectivity index (χ4n) is 3.28. The second-order valence-corrected chi connectivity index (χ2v) is 7.06. The zero-order valence-corrected chi connectivity index (χ0v) is 16.7. The lowest BCUT2D eigenvalue weighted by molar-refractivity contribution is 0.665. The summed E-state index contributed by atoms with van der Waals surface area (Å²) in [7, 11) is 0. The molecule has 0 amide bonds. The third-order valence-corrected chi connectivity index (χ3v) is 4.63. The highest BCUT2D eigenvalue weighted by atomic mass is 15.1. The smallest absolute Gasteiger partial charge is 0.229 e. The first-order chi connectivity index (χ1) is 14.0. The molecule has 6 nitrogen and oxygen atoms in total. The van der Waals surface area contributed by atoms with Crippen LogP contribution in [-0.4, -0.2) is 9.97 Å². The molecule has 1 heterocycles. The molecule has 2 aromatic rings. The molecule has 0 spiro atoms. The molecule has 6 heteroatoms. The van der Waals surface area contributed by atoms with E-state index in [1.807, 2.05) is 31.2 Å². The van der Waals surface area contributed by atoms with E-state index in [9.17, 15) is 0 Å². The van der Waals surface area contributed by atoms with Gasteiger partial charge >= 0.3 is 0 Å². The Morgan fingerprint density at radius 1 is 1.17 bits per heavy atom. The molecule has 0 radical (unpaired) electrons. The molecule has 1 atom stereocenters. The second kappa shape index (κ2) is 8.86. The fourth-order valence-corrected chi connectivity index (χ4v) is 3.28. The van der Waals surface area contributed by atoms with Crippen molar-refractivity contribution in [2.45, 2.75) is 27.2 Å². The van der Waals surface area contributed by atoms with Gasteiger partial charge in [0.15, 0.2) is 0 Å². The van der Waals surface area contributed by atoms with E-state index in [1.165, 1.54) is 0 Å². The monoisotopic (exact) mass is 382 g/mol. The first-order valence-electron chi connectivity index (χ1n) is 9.35. The van der Waals surface area contributed by atoms with E-state index >= 15 is 0 Å². The quantitative estimate of drug-likeness (QED) is 0.689. The summed E-state index contributed by atoms with van der Waals surface area (Å²) in [5.74, 6) is 1.46. The summed E-state index contributed by atoms with van der Waals surface area (Å²) in [6.07, 6.45) is 6.62. The number of anilines is 3. The molecule has 1 unspecified atom stereocenters. The van der Waals surface area contributed by atoms with Crippen LogP contribution in [0.15, 0.2) is 71.1 Å². The average Bonchev–Trinajstić information content (AvgIpc) is 2.71. The largest absolute Gasteiger partial charge is 0.343 e. The summed E-state index contributed by atoms with van der Waals surface area (Å²) in [6.45, 7) is 6.04. The summed E-state index contributed by atoms with van der Waals surface area (Å²) in [5, 5.41) is 24.5. The summed E-state index contributed by atoms with van der Waals surface area (Å²) in [4.78, 5) is 8.82. The van der Waals surface area contributed by atoms with Crippen LogP contribution in [0.5, 0.6) is 0 Å². The lowest BCUT2D eigenvalue weighted by atomic mass is 9.88. The molecule has 1 aliphatic carbocycles. The second-order valence-electron chi connectivity index (χ2n) is 7.06. The van der Waals surface area contributed by atoms with Gasteiger partial charge in [-0.05, 0) is 67.8 Å². The van der Waals surface area contributed by atoms with Gasteiger partial charge < -0.3 is 10.6 Å². The van der Waals surface area contributed by atoms with E-state index in [-0.39, 0.29) is 5.92 Å². The number of rotatable bonds is 5. The normalized spacial score (nSPS) is 16.5. The highest BCUT2D eigenvalue weighted by Crippen LogP contribution is 2.31. The van der Waals surface area contributed by atoms with Crippen LogP contribution < -0.4 is 10.6 Å². The van der Waals surface area contributed by atoms with Crippen molar-refractivity contribution in [1.82, 2.24) is 9.97 Å². The highest BCUT2D eigenvalue weighted by Gasteiger charge is 2.18. The van der Waals surface area contributed by atoms with Gasteiger partial charge in [0.05, 0.1) is 17.7 Å². The average molecular weight is 382 g/mol. The molecular weight excluding hydrogens is 360 g/mol. The Balaban J connectivity index is 1.78. The molecular formula is C23H22N6. The summed E-state index contributed by atoms with van der Waals surface area (Å²) in [5.41, 5.74) is 5.52. The molecule has 144 valence electrons. The molecule has 1 aromatic carbocycles. The maximum atomic E-state index is 9.00. The first-order valence-corrected chi connectivity index (χ1v) is 9.35. The van der Waals surface area contributed by atoms with Crippen LogP contribution in [-0.2, 0) is 0 Å². The van der Waals surface area contributed by atoms with Crippen LogP contribution in [0.1, 0.15) is 32.8 Å². The lowest BCUT2D eigenvalue weighted by Crippen LogP contribution is -2.16. The van der Waals surface area contributed by atoms with Gasteiger partial charge in [0.25, 0.3) is 0 Å². The standard InChI is InChI=1S/C23H22N6/c1-15(13-24)10-19-11-16(2)22(17(3)12-19)28-21-8-9-26-23(29-21)27-20-6-4-18(14-25)5-7-20/h4-11,17H,12H2,1-3H3,(H2,26,27,28,29)/b15-10-. The first kappa shape index (κ1) is 19.9. The van der Waals surface area contributed by atoms with Crippen molar-refractivity contribution in [2.24, 2.45) is 5.92 Å². The summed E-state index contributed by atoms with van der Waals surface area (Å²) in [6, 6.07) is 13.2. The van der Waals surface area contributed by atoms with Crippen molar-refractivity contribution in [3.63, 3.8) is 0 Å². The Kier molecular flexibility index (Phi) is 6.06. The number of benzene rings is 1. The Labute approximate surface area is 170 Å². The van der Waals surface area contributed by atoms with E-state index in [0.29, 0.717) is 22.9 Å². The maximum absolute atomic E-state index is 9.00. The molecule has 2 N–H and O–H groups in total. The van der Waals surface area contributed by atoms with Crippen molar-refractivity contribution in [2.75, 3.05) is 10.6 Å². The van der Waals surface area contributed by atoms with Crippen LogP contribution in [0.4, 0.5) is 17.5 Å². The number of nitrogens with zero attached hydrogens (tertiary/aromatic N) is 4. The number of hydrogen-bond acceptors (Lipinski definition) is 6. The van der Waals surface area contributed by atoms with Crippen molar-refractivity contribution in [3.8, 4) is 12.1 Å². The fraction of sp³-hybridized carbons (Fsp3) is 0.217. The predicted molar refractivity (Wildman–Crippen MR) is 114 cm³/mol. The number of allylic oxidation sites excluding steroid dienone is 6. The molecule has 0 fully saturated rings. The minimum Gasteiger partial charge on any atom is -0.343 e. The third-order valence-electron chi connectivity index (χ3n) is 4.63. The van der Waals surface area contributed by atoms with Gasteiger partial charge in [-0.15, -0.1) is 0 Å². The van der Waals surface area contributed by atoms with E-state index in [0.717, 1.165) is 29.0 Å². The minimum atomic E-state index is 0.280. The maximum Gasteiger partial charge on any atom is 0.229 e. The van der Waals surface area contributed by atoms with Gasteiger partial charge in [-0.25, -0.2) is 4.98 Å². The number of aromatic nitrogens is 2. The third kappa shape index (κ3) is 5.09. The van der Waals surface area contributed by atoms with Crippen molar-refractivity contribution >= 4 is 17.5 Å². The molecule has 0 bridgehead atoms. The Bertz CT molecular complexity index is 1080. The molecule has 29 heavy (non-hydrogen) atoms. The molecule has 3 rings (SSSR count). The lowest BCUT2D eigenvalue weighted by Gasteiger charge is -2.25. The van der Waals surface area contributed by atoms with E-state index in [4.69, 9.17) is 10.5 Å².